The number of hydrogen-bond donors (Lipinski definition) is 1. The Morgan fingerprint density at radius 2 is 1.91 bits per heavy atom. The molecule has 22 heavy (non-hydrogen) atoms. The van der Waals surface area contributed by atoms with Crippen LogP contribution in [-0.2, 0) is 12.1 Å². The van der Waals surface area contributed by atoms with Gasteiger partial charge in [-0.2, -0.15) is 0 Å². The summed E-state index contributed by atoms with van der Waals surface area (Å²) in [4.78, 5) is 4.43. The van der Waals surface area contributed by atoms with Gasteiger partial charge in [-0.3, -0.25) is 0 Å². The zero-order valence-electron chi connectivity index (χ0n) is 13.9. The van der Waals surface area contributed by atoms with Gasteiger partial charge in [0.1, 0.15) is 5.82 Å². The normalized spacial score (nSPS) is 12.1. The van der Waals surface area contributed by atoms with Crippen LogP contribution in [0.15, 0.2) is 36.7 Å². The van der Waals surface area contributed by atoms with Crippen molar-refractivity contribution < 1.29 is 0 Å². The lowest BCUT2D eigenvalue weighted by Crippen LogP contribution is -2.37. The molecular weight excluding hydrogens is 294 g/mol. The molecule has 2 rings (SSSR count). The SMILES string of the molecule is CC(C)c1nccn1CCCNC(C)(C)c1ccc(Cl)cc1. The van der Waals surface area contributed by atoms with Crippen LogP contribution in [0.25, 0.3) is 0 Å². The molecule has 0 unspecified atom stereocenters. The minimum absolute atomic E-state index is 0.0552. The molecule has 4 heteroatoms. The molecule has 1 aromatic carbocycles. The lowest BCUT2D eigenvalue weighted by Gasteiger charge is -2.27. The molecule has 0 amide bonds. The molecule has 120 valence electrons. The second kappa shape index (κ2) is 7.30. The highest BCUT2D eigenvalue weighted by molar-refractivity contribution is 6.30. The predicted molar refractivity (Wildman–Crippen MR) is 93.4 cm³/mol. The Morgan fingerprint density at radius 1 is 1.23 bits per heavy atom. The average Bonchev–Trinajstić information content (AvgIpc) is 2.93. The largest absolute Gasteiger partial charge is 0.335 e. The molecule has 1 aromatic heterocycles. The fourth-order valence-electron chi connectivity index (χ4n) is 2.63. The minimum atomic E-state index is -0.0552. The van der Waals surface area contributed by atoms with E-state index >= 15 is 0 Å². The molecule has 0 aliphatic rings. The van der Waals surface area contributed by atoms with E-state index in [1.165, 1.54) is 5.56 Å². The van der Waals surface area contributed by atoms with E-state index in [1.807, 2.05) is 18.3 Å². The highest BCUT2D eigenvalue weighted by Crippen LogP contribution is 2.22. The highest BCUT2D eigenvalue weighted by Gasteiger charge is 2.19. The molecule has 0 fully saturated rings. The average molecular weight is 320 g/mol. The maximum absolute atomic E-state index is 5.96. The van der Waals surface area contributed by atoms with Gasteiger partial charge in [-0.1, -0.05) is 37.6 Å². The number of halogens is 1. The van der Waals surface area contributed by atoms with Gasteiger partial charge in [-0.25, -0.2) is 4.98 Å². The zero-order valence-corrected chi connectivity index (χ0v) is 14.7. The summed E-state index contributed by atoms with van der Waals surface area (Å²) in [7, 11) is 0. The summed E-state index contributed by atoms with van der Waals surface area (Å²) in [6.07, 6.45) is 5.03. The second-order valence-electron chi connectivity index (χ2n) is 6.55. The summed E-state index contributed by atoms with van der Waals surface area (Å²) < 4.78 is 2.25. The molecule has 0 saturated heterocycles. The van der Waals surface area contributed by atoms with Gasteiger partial charge in [0, 0.05) is 35.4 Å². The number of nitrogens with zero attached hydrogens (tertiary/aromatic N) is 2. The van der Waals surface area contributed by atoms with Gasteiger partial charge in [0.25, 0.3) is 0 Å². The van der Waals surface area contributed by atoms with E-state index in [9.17, 15) is 0 Å². The number of hydrogen-bond acceptors (Lipinski definition) is 2. The first-order valence-electron chi connectivity index (χ1n) is 7.92. The highest BCUT2D eigenvalue weighted by atomic mass is 35.5. The number of benzene rings is 1. The first-order valence-corrected chi connectivity index (χ1v) is 8.30. The molecule has 0 spiro atoms. The van der Waals surface area contributed by atoms with E-state index in [1.54, 1.807) is 0 Å². The van der Waals surface area contributed by atoms with Crippen molar-refractivity contribution in [3.63, 3.8) is 0 Å². The molecule has 0 saturated carbocycles. The lowest BCUT2D eigenvalue weighted by molar-refractivity contribution is 0.391. The Morgan fingerprint density at radius 3 is 2.55 bits per heavy atom. The number of nitrogens with one attached hydrogen (secondary N) is 1. The topological polar surface area (TPSA) is 29.9 Å². The van der Waals surface area contributed by atoms with Gasteiger partial charge in [0.05, 0.1) is 0 Å². The van der Waals surface area contributed by atoms with E-state index in [2.05, 4.69) is 60.9 Å². The smallest absolute Gasteiger partial charge is 0.111 e. The molecular formula is C18H26ClN3. The monoisotopic (exact) mass is 319 g/mol. The molecule has 0 aliphatic carbocycles. The van der Waals surface area contributed by atoms with Crippen molar-refractivity contribution in [1.82, 2.24) is 14.9 Å². The van der Waals surface area contributed by atoms with Gasteiger partial charge in [0.15, 0.2) is 0 Å². The third kappa shape index (κ3) is 4.34. The molecule has 1 N–H and O–H groups in total. The summed E-state index contributed by atoms with van der Waals surface area (Å²) in [5.41, 5.74) is 1.20. The second-order valence-corrected chi connectivity index (χ2v) is 6.98. The van der Waals surface area contributed by atoms with E-state index < -0.39 is 0 Å². The summed E-state index contributed by atoms with van der Waals surface area (Å²) >= 11 is 5.96. The van der Waals surface area contributed by atoms with Crippen molar-refractivity contribution in [2.45, 2.75) is 52.1 Å². The Labute approximate surface area is 138 Å². The van der Waals surface area contributed by atoms with Crippen molar-refractivity contribution in [3.8, 4) is 0 Å². The number of aromatic nitrogens is 2. The van der Waals surface area contributed by atoms with Crippen molar-refractivity contribution in [3.05, 3.63) is 53.1 Å². The molecule has 0 atom stereocenters. The molecule has 0 radical (unpaired) electrons. The van der Waals surface area contributed by atoms with Crippen LogP contribution in [0.1, 0.15) is 51.4 Å². The van der Waals surface area contributed by atoms with Gasteiger partial charge in [-0.15, -0.1) is 0 Å². The number of imidazole rings is 1. The lowest BCUT2D eigenvalue weighted by atomic mass is 9.94. The molecule has 3 nitrogen and oxygen atoms in total. The van der Waals surface area contributed by atoms with Gasteiger partial charge in [0.2, 0.25) is 0 Å². The molecule has 1 heterocycles. The fraction of sp³-hybridized carbons (Fsp3) is 0.500. The molecule has 0 bridgehead atoms. The van der Waals surface area contributed by atoms with Crippen LogP contribution >= 0.6 is 11.6 Å². The van der Waals surface area contributed by atoms with E-state index in [0.717, 1.165) is 30.4 Å². The van der Waals surface area contributed by atoms with Crippen LogP contribution in [0, 0.1) is 0 Å². The summed E-state index contributed by atoms with van der Waals surface area (Å²) in [5, 5.41) is 4.41. The van der Waals surface area contributed by atoms with Crippen molar-refractivity contribution >= 4 is 11.6 Å². The van der Waals surface area contributed by atoms with Crippen molar-refractivity contribution in [2.24, 2.45) is 0 Å². The Bertz CT molecular complexity index is 585. The standard InChI is InChI=1S/C18H26ClN3/c1-14(2)17-20-11-13-22(17)12-5-10-21-18(3,4)15-6-8-16(19)9-7-15/h6-9,11,13-14,21H,5,10,12H2,1-4H3. The minimum Gasteiger partial charge on any atom is -0.335 e. The first kappa shape index (κ1) is 17.0. The fourth-order valence-corrected chi connectivity index (χ4v) is 2.76. The quantitative estimate of drug-likeness (QED) is 0.757. The number of rotatable bonds is 7. The van der Waals surface area contributed by atoms with Gasteiger partial charge >= 0.3 is 0 Å². The van der Waals surface area contributed by atoms with Gasteiger partial charge < -0.3 is 9.88 Å². The van der Waals surface area contributed by atoms with Crippen LogP contribution in [0.5, 0.6) is 0 Å². The third-order valence-electron chi connectivity index (χ3n) is 3.97. The van der Waals surface area contributed by atoms with E-state index in [-0.39, 0.29) is 5.54 Å². The number of aryl methyl sites for hydroxylation is 1. The van der Waals surface area contributed by atoms with Crippen LogP contribution in [0.4, 0.5) is 0 Å². The predicted octanol–water partition coefficient (Wildman–Crippen LogP) is 4.57. The Balaban J connectivity index is 1.85. The maximum Gasteiger partial charge on any atom is 0.111 e. The van der Waals surface area contributed by atoms with Crippen molar-refractivity contribution in [2.75, 3.05) is 6.54 Å². The first-order chi connectivity index (χ1) is 10.4. The van der Waals surface area contributed by atoms with E-state index in [4.69, 9.17) is 11.6 Å². The maximum atomic E-state index is 5.96. The Kier molecular flexibility index (Phi) is 5.65. The molecule has 0 aliphatic heterocycles. The summed E-state index contributed by atoms with van der Waals surface area (Å²) in [5.74, 6) is 1.63. The summed E-state index contributed by atoms with van der Waals surface area (Å²) in [6.45, 7) is 10.7. The van der Waals surface area contributed by atoms with Crippen LogP contribution in [-0.4, -0.2) is 16.1 Å². The summed E-state index contributed by atoms with van der Waals surface area (Å²) in [6, 6.07) is 8.06. The van der Waals surface area contributed by atoms with Crippen LogP contribution < -0.4 is 5.32 Å². The van der Waals surface area contributed by atoms with Crippen LogP contribution in [0.2, 0.25) is 5.02 Å². The Hall–Kier alpha value is -1.32. The van der Waals surface area contributed by atoms with Gasteiger partial charge in [-0.05, 0) is 44.5 Å². The third-order valence-corrected chi connectivity index (χ3v) is 4.22. The van der Waals surface area contributed by atoms with E-state index in [0.29, 0.717) is 5.92 Å². The molecule has 2 aromatic rings. The van der Waals surface area contributed by atoms with Crippen molar-refractivity contribution in [1.29, 1.82) is 0 Å². The van der Waals surface area contributed by atoms with Crippen LogP contribution in [0.3, 0.4) is 0 Å². The zero-order chi connectivity index (χ0) is 16.2.